The molecule has 0 bridgehead atoms. The van der Waals surface area contributed by atoms with Gasteiger partial charge in [-0.1, -0.05) is 6.92 Å². The van der Waals surface area contributed by atoms with E-state index in [1.165, 1.54) is 5.56 Å². The van der Waals surface area contributed by atoms with E-state index in [2.05, 4.69) is 35.3 Å². The zero-order valence-electron chi connectivity index (χ0n) is 13.5. The highest BCUT2D eigenvalue weighted by atomic mass is 16.5. The Bertz CT molecular complexity index is 590. The molecule has 2 aromatic heterocycles. The highest BCUT2D eigenvalue weighted by molar-refractivity contribution is 5.12. The van der Waals surface area contributed by atoms with E-state index < -0.39 is 0 Å². The molecule has 1 saturated heterocycles. The molecule has 0 spiro atoms. The van der Waals surface area contributed by atoms with Gasteiger partial charge in [0.2, 0.25) is 0 Å². The van der Waals surface area contributed by atoms with Crippen LogP contribution in [0.4, 0.5) is 0 Å². The van der Waals surface area contributed by atoms with Crippen molar-refractivity contribution in [1.29, 1.82) is 0 Å². The average molecular weight is 303 g/mol. The van der Waals surface area contributed by atoms with E-state index in [0.717, 1.165) is 57.1 Å². The van der Waals surface area contributed by atoms with Gasteiger partial charge >= 0.3 is 0 Å². The third-order valence-corrected chi connectivity index (χ3v) is 4.27. The fourth-order valence-electron chi connectivity index (χ4n) is 3.02. The molecule has 22 heavy (non-hydrogen) atoms. The first-order chi connectivity index (χ1) is 10.8. The third-order valence-electron chi connectivity index (χ3n) is 4.27. The number of morpholine rings is 1. The molecule has 1 aliphatic rings. The molecule has 5 heteroatoms. The summed E-state index contributed by atoms with van der Waals surface area (Å²) in [5.41, 5.74) is 1.30. The van der Waals surface area contributed by atoms with Crippen LogP contribution in [0, 0.1) is 0 Å². The zero-order chi connectivity index (χ0) is 15.4. The van der Waals surface area contributed by atoms with Gasteiger partial charge in [0.25, 0.3) is 0 Å². The number of rotatable bonds is 6. The summed E-state index contributed by atoms with van der Waals surface area (Å²) in [6.45, 7) is 5.69. The third kappa shape index (κ3) is 3.59. The molecule has 1 fully saturated rings. The predicted octanol–water partition coefficient (Wildman–Crippen LogP) is 2.58. The first-order valence-electron chi connectivity index (χ1n) is 8.14. The number of hydrogen-bond acceptors (Lipinski definition) is 4. The SMILES string of the molecule is CCc1ccc([C@@H]2COCCN2CCCc2cnn(C)c2)o1. The van der Waals surface area contributed by atoms with E-state index in [-0.39, 0.29) is 6.04 Å². The Hall–Kier alpha value is -1.59. The van der Waals surface area contributed by atoms with Gasteiger partial charge in [0.15, 0.2) is 0 Å². The van der Waals surface area contributed by atoms with Crippen molar-refractivity contribution in [2.24, 2.45) is 7.05 Å². The lowest BCUT2D eigenvalue weighted by Gasteiger charge is -2.34. The first-order valence-corrected chi connectivity index (χ1v) is 8.14. The van der Waals surface area contributed by atoms with Crippen LogP contribution >= 0.6 is 0 Å². The summed E-state index contributed by atoms with van der Waals surface area (Å²) in [5.74, 6) is 2.09. The predicted molar refractivity (Wildman–Crippen MR) is 84.7 cm³/mol. The van der Waals surface area contributed by atoms with Crippen molar-refractivity contribution in [3.8, 4) is 0 Å². The Balaban J connectivity index is 1.57. The molecule has 0 aliphatic carbocycles. The van der Waals surface area contributed by atoms with Crippen LogP contribution in [0.1, 0.15) is 36.5 Å². The van der Waals surface area contributed by atoms with Gasteiger partial charge in [0, 0.05) is 26.2 Å². The maximum Gasteiger partial charge on any atom is 0.123 e. The number of nitrogens with zero attached hydrogens (tertiary/aromatic N) is 3. The lowest BCUT2D eigenvalue weighted by molar-refractivity contribution is -0.0167. The van der Waals surface area contributed by atoms with Gasteiger partial charge < -0.3 is 9.15 Å². The van der Waals surface area contributed by atoms with Crippen molar-refractivity contribution < 1.29 is 9.15 Å². The van der Waals surface area contributed by atoms with E-state index in [4.69, 9.17) is 9.15 Å². The second-order valence-corrected chi connectivity index (χ2v) is 5.91. The molecule has 0 N–H and O–H groups in total. The van der Waals surface area contributed by atoms with Gasteiger partial charge in [0.05, 0.1) is 25.5 Å². The van der Waals surface area contributed by atoms with Crippen LogP contribution in [-0.2, 0) is 24.6 Å². The minimum absolute atomic E-state index is 0.253. The molecule has 0 amide bonds. The molecule has 3 heterocycles. The molecule has 0 radical (unpaired) electrons. The molecular weight excluding hydrogens is 278 g/mol. The largest absolute Gasteiger partial charge is 0.464 e. The minimum Gasteiger partial charge on any atom is -0.464 e. The second kappa shape index (κ2) is 7.11. The summed E-state index contributed by atoms with van der Waals surface area (Å²) < 4.78 is 13.5. The lowest BCUT2D eigenvalue weighted by atomic mass is 10.1. The smallest absolute Gasteiger partial charge is 0.123 e. The Labute approximate surface area is 131 Å². The Morgan fingerprint density at radius 2 is 2.27 bits per heavy atom. The van der Waals surface area contributed by atoms with Crippen LogP contribution in [0.15, 0.2) is 28.9 Å². The van der Waals surface area contributed by atoms with Crippen molar-refractivity contribution in [1.82, 2.24) is 14.7 Å². The van der Waals surface area contributed by atoms with Crippen LogP contribution in [0.2, 0.25) is 0 Å². The highest BCUT2D eigenvalue weighted by Crippen LogP contribution is 2.26. The number of furan rings is 1. The van der Waals surface area contributed by atoms with Crippen molar-refractivity contribution in [3.63, 3.8) is 0 Å². The summed E-state index contributed by atoms with van der Waals surface area (Å²) in [6, 6.07) is 4.44. The summed E-state index contributed by atoms with van der Waals surface area (Å²) in [4.78, 5) is 2.48. The zero-order valence-corrected chi connectivity index (χ0v) is 13.5. The number of ether oxygens (including phenoxy) is 1. The van der Waals surface area contributed by atoms with Gasteiger partial charge in [-0.3, -0.25) is 9.58 Å². The summed E-state index contributed by atoms with van der Waals surface area (Å²) >= 11 is 0. The van der Waals surface area contributed by atoms with E-state index in [1.54, 1.807) is 0 Å². The van der Waals surface area contributed by atoms with Gasteiger partial charge in [0.1, 0.15) is 11.5 Å². The molecule has 2 aromatic rings. The van der Waals surface area contributed by atoms with Crippen LogP contribution < -0.4 is 0 Å². The quantitative estimate of drug-likeness (QED) is 0.822. The molecule has 0 saturated carbocycles. The molecule has 1 aliphatic heterocycles. The maximum atomic E-state index is 5.94. The van der Waals surface area contributed by atoms with E-state index in [0.29, 0.717) is 0 Å². The molecule has 0 aromatic carbocycles. The Kier molecular flexibility index (Phi) is 4.95. The molecule has 120 valence electrons. The van der Waals surface area contributed by atoms with Crippen molar-refractivity contribution in [2.75, 3.05) is 26.3 Å². The van der Waals surface area contributed by atoms with Crippen LogP contribution in [-0.4, -0.2) is 41.0 Å². The number of aryl methyl sites for hydroxylation is 3. The molecule has 3 rings (SSSR count). The molecule has 1 atom stereocenters. The van der Waals surface area contributed by atoms with Crippen LogP contribution in [0.5, 0.6) is 0 Å². The van der Waals surface area contributed by atoms with Crippen LogP contribution in [0.25, 0.3) is 0 Å². The van der Waals surface area contributed by atoms with Gasteiger partial charge in [-0.15, -0.1) is 0 Å². The highest BCUT2D eigenvalue weighted by Gasteiger charge is 2.26. The fraction of sp³-hybridized carbons (Fsp3) is 0.588. The van der Waals surface area contributed by atoms with Crippen molar-refractivity contribution in [3.05, 3.63) is 41.6 Å². The van der Waals surface area contributed by atoms with E-state index in [9.17, 15) is 0 Å². The van der Waals surface area contributed by atoms with Crippen LogP contribution in [0.3, 0.4) is 0 Å². The standard InChI is InChI=1S/C17H25N3O2/c1-3-15-6-7-17(22-15)16-13-21-10-9-20(16)8-4-5-14-11-18-19(2)12-14/h6-7,11-12,16H,3-5,8-10,13H2,1-2H3/t16-/m0/s1. The average Bonchev–Trinajstić information content (AvgIpc) is 3.17. The van der Waals surface area contributed by atoms with Gasteiger partial charge in [-0.2, -0.15) is 5.10 Å². The fourth-order valence-corrected chi connectivity index (χ4v) is 3.02. The topological polar surface area (TPSA) is 43.4 Å². The van der Waals surface area contributed by atoms with Crippen molar-refractivity contribution >= 4 is 0 Å². The minimum atomic E-state index is 0.253. The Morgan fingerprint density at radius 1 is 1.36 bits per heavy atom. The normalized spacial score (nSPS) is 19.6. The van der Waals surface area contributed by atoms with E-state index in [1.807, 2.05) is 17.9 Å². The monoisotopic (exact) mass is 303 g/mol. The number of hydrogen-bond donors (Lipinski definition) is 0. The second-order valence-electron chi connectivity index (χ2n) is 5.91. The molecule has 0 unspecified atom stereocenters. The van der Waals surface area contributed by atoms with Gasteiger partial charge in [-0.25, -0.2) is 0 Å². The van der Waals surface area contributed by atoms with E-state index >= 15 is 0 Å². The summed E-state index contributed by atoms with van der Waals surface area (Å²) in [5, 5.41) is 4.22. The number of aromatic nitrogens is 2. The lowest BCUT2D eigenvalue weighted by Crippen LogP contribution is -2.40. The maximum absolute atomic E-state index is 5.94. The van der Waals surface area contributed by atoms with Crippen molar-refractivity contribution in [2.45, 2.75) is 32.2 Å². The summed E-state index contributed by atoms with van der Waals surface area (Å²) in [7, 11) is 1.96. The molecule has 5 nitrogen and oxygen atoms in total. The Morgan fingerprint density at radius 3 is 3.00 bits per heavy atom. The molecular formula is C17H25N3O2. The summed E-state index contributed by atoms with van der Waals surface area (Å²) in [6.07, 6.45) is 7.18. The van der Waals surface area contributed by atoms with Gasteiger partial charge in [-0.05, 0) is 37.1 Å². The first kappa shape index (κ1) is 15.3.